The first-order valence-electron chi connectivity index (χ1n) is 10.00. The van der Waals surface area contributed by atoms with Crippen LogP contribution in [0, 0.1) is 5.82 Å². The number of halogens is 1. The van der Waals surface area contributed by atoms with Gasteiger partial charge in [0.15, 0.2) is 11.5 Å². The Labute approximate surface area is 191 Å². The van der Waals surface area contributed by atoms with Crippen LogP contribution in [0.1, 0.15) is 12.0 Å². The zero-order valence-electron chi connectivity index (χ0n) is 17.3. The van der Waals surface area contributed by atoms with Crippen LogP contribution in [0.15, 0.2) is 76.5 Å². The first-order valence-corrected chi connectivity index (χ1v) is 13.0. The normalized spacial score (nSPS) is 13.8. The highest BCUT2D eigenvalue weighted by Gasteiger charge is 2.20. The van der Waals surface area contributed by atoms with Crippen molar-refractivity contribution in [2.75, 3.05) is 17.9 Å². The summed E-state index contributed by atoms with van der Waals surface area (Å²) in [5.74, 6) is 0.421. The van der Waals surface area contributed by atoms with Gasteiger partial charge < -0.3 is 9.47 Å². The molecule has 0 radical (unpaired) electrons. The molecule has 0 unspecified atom stereocenters. The Balaban J connectivity index is 1.45. The third-order valence-electron chi connectivity index (χ3n) is 4.83. The molecular weight excluding hydrogens is 471 g/mol. The van der Waals surface area contributed by atoms with Gasteiger partial charge >= 0.3 is 0 Å². The van der Waals surface area contributed by atoms with Gasteiger partial charge in [0.1, 0.15) is 5.82 Å². The minimum Gasteiger partial charge on any atom is -0.490 e. The maximum absolute atomic E-state index is 13.0. The molecule has 174 valence electrons. The van der Waals surface area contributed by atoms with Crippen LogP contribution in [0.4, 0.5) is 10.1 Å². The van der Waals surface area contributed by atoms with Crippen LogP contribution in [0.3, 0.4) is 0 Å². The maximum atomic E-state index is 13.0. The van der Waals surface area contributed by atoms with Gasteiger partial charge in [-0.15, -0.1) is 0 Å². The van der Waals surface area contributed by atoms with E-state index in [2.05, 4.69) is 9.44 Å². The van der Waals surface area contributed by atoms with Crippen LogP contribution in [0.5, 0.6) is 11.5 Å². The van der Waals surface area contributed by atoms with E-state index in [4.69, 9.17) is 9.47 Å². The summed E-state index contributed by atoms with van der Waals surface area (Å²) in [5, 5.41) is 0. The predicted octanol–water partition coefficient (Wildman–Crippen LogP) is 3.27. The Hall–Kier alpha value is -3.15. The lowest BCUT2D eigenvalue weighted by atomic mass is 10.2. The van der Waals surface area contributed by atoms with Gasteiger partial charge in [-0.05, 0) is 54.1 Å². The highest BCUT2D eigenvalue weighted by Crippen LogP contribution is 2.32. The molecule has 0 bridgehead atoms. The van der Waals surface area contributed by atoms with E-state index >= 15 is 0 Å². The van der Waals surface area contributed by atoms with Crippen molar-refractivity contribution >= 4 is 25.7 Å². The molecule has 3 aromatic carbocycles. The summed E-state index contributed by atoms with van der Waals surface area (Å²) in [6.45, 7) is 0.904. The van der Waals surface area contributed by atoms with Crippen molar-refractivity contribution in [1.82, 2.24) is 4.72 Å². The zero-order valence-corrected chi connectivity index (χ0v) is 19.0. The molecule has 1 heterocycles. The molecule has 0 saturated carbocycles. The number of hydrogen-bond acceptors (Lipinski definition) is 6. The lowest BCUT2D eigenvalue weighted by Crippen LogP contribution is -2.23. The highest BCUT2D eigenvalue weighted by molar-refractivity contribution is 7.92. The fraction of sp³-hybridized carbons (Fsp3) is 0.182. The predicted molar refractivity (Wildman–Crippen MR) is 120 cm³/mol. The molecule has 1 aliphatic heterocycles. The Morgan fingerprint density at radius 1 is 0.758 bits per heavy atom. The van der Waals surface area contributed by atoms with Crippen molar-refractivity contribution < 1.29 is 30.7 Å². The van der Waals surface area contributed by atoms with Crippen LogP contribution in [0.2, 0.25) is 0 Å². The summed E-state index contributed by atoms with van der Waals surface area (Å²) in [6, 6.07) is 15.1. The first kappa shape index (κ1) is 23.0. The van der Waals surface area contributed by atoms with Gasteiger partial charge in [-0.25, -0.2) is 25.9 Å². The molecular formula is C22H21FN2O6S2. The van der Waals surface area contributed by atoms with Gasteiger partial charge in [0.25, 0.3) is 10.0 Å². The van der Waals surface area contributed by atoms with Gasteiger partial charge in [0.2, 0.25) is 10.0 Å². The van der Waals surface area contributed by atoms with Gasteiger partial charge in [0.05, 0.1) is 23.0 Å². The maximum Gasteiger partial charge on any atom is 0.262 e. The molecule has 11 heteroatoms. The van der Waals surface area contributed by atoms with Crippen molar-refractivity contribution in [3.05, 3.63) is 78.1 Å². The van der Waals surface area contributed by atoms with E-state index < -0.39 is 25.9 Å². The molecule has 4 rings (SSSR count). The average Bonchev–Trinajstić information content (AvgIpc) is 3.04. The van der Waals surface area contributed by atoms with Crippen LogP contribution in [0.25, 0.3) is 0 Å². The lowest BCUT2D eigenvalue weighted by Gasteiger charge is -2.12. The van der Waals surface area contributed by atoms with E-state index in [1.807, 2.05) is 0 Å². The van der Waals surface area contributed by atoms with E-state index in [0.29, 0.717) is 36.7 Å². The van der Waals surface area contributed by atoms with E-state index in [0.717, 1.165) is 0 Å². The number of nitrogens with one attached hydrogen (secondary N) is 2. The number of fused-ring (bicyclic) bond motifs is 1. The Morgan fingerprint density at radius 2 is 1.39 bits per heavy atom. The second kappa shape index (κ2) is 9.38. The van der Waals surface area contributed by atoms with Crippen molar-refractivity contribution in [2.24, 2.45) is 0 Å². The van der Waals surface area contributed by atoms with Crippen molar-refractivity contribution in [3.8, 4) is 11.5 Å². The van der Waals surface area contributed by atoms with E-state index in [1.165, 1.54) is 66.7 Å². The SMILES string of the molecule is O=S(=O)(NCc1ccc(F)cc1)c1ccc(NS(=O)(=O)c2ccc3c(c2)OCCCO3)cc1. The number of rotatable bonds is 7. The van der Waals surface area contributed by atoms with Crippen LogP contribution in [-0.2, 0) is 26.6 Å². The summed E-state index contributed by atoms with van der Waals surface area (Å²) in [6.07, 6.45) is 0.697. The van der Waals surface area contributed by atoms with Crippen molar-refractivity contribution in [3.63, 3.8) is 0 Å². The minimum absolute atomic E-state index is 0.00980. The van der Waals surface area contributed by atoms with Gasteiger partial charge in [-0.2, -0.15) is 0 Å². The second-order valence-corrected chi connectivity index (χ2v) is 10.7. The Bertz CT molecular complexity index is 1340. The molecule has 0 aliphatic carbocycles. The van der Waals surface area contributed by atoms with Gasteiger partial charge in [0, 0.05) is 24.7 Å². The fourth-order valence-corrected chi connectivity index (χ4v) is 5.18. The third-order valence-corrected chi connectivity index (χ3v) is 7.62. The summed E-state index contributed by atoms with van der Waals surface area (Å²) in [5.41, 5.74) is 0.791. The number of sulfonamides is 2. The molecule has 2 N–H and O–H groups in total. The second-order valence-electron chi connectivity index (χ2n) is 7.24. The molecule has 33 heavy (non-hydrogen) atoms. The largest absolute Gasteiger partial charge is 0.490 e. The quantitative estimate of drug-likeness (QED) is 0.524. The highest BCUT2D eigenvalue weighted by atomic mass is 32.2. The standard InChI is InChI=1S/C22H21FN2O6S2/c23-17-4-2-16(3-5-17)15-24-32(26,27)19-8-6-18(7-9-19)25-33(28,29)20-10-11-21-22(14-20)31-13-1-12-30-21/h2-11,14,24-25H,1,12-13,15H2. The number of benzene rings is 3. The Morgan fingerprint density at radius 3 is 2.09 bits per heavy atom. The Kier molecular flexibility index (Phi) is 6.54. The smallest absolute Gasteiger partial charge is 0.262 e. The van der Waals surface area contributed by atoms with E-state index in [9.17, 15) is 21.2 Å². The number of hydrogen-bond donors (Lipinski definition) is 2. The average molecular weight is 493 g/mol. The van der Waals surface area contributed by atoms with Crippen molar-refractivity contribution in [2.45, 2.75) is 22.8 Å². The number of ether oxygens (including phenoxy) is 2. The van der Waals surface area contributed by atoms with Crippen LogP contribution < -0.4 is 18.9 Å². The minimum atomic E-state index is -3.94. The van der Waals surface area contributed by atoms with E-state index in [-0.39, 0.29) is 22.0 Å². The number of anilines is 1. The third kappa shape index (κ3) is 5.62. The summed E-state index contributed by atoms with van der Waals surface area (Å²) < 4.78 is 79.4. The van der Waals surface area contributed by atoms with Gasteiger partial charge in [-0.3, -0.25) is 4.72 Å². The van der Waals surface area contributed by atoms with Gasteiger partial charge in [-0.1, -0.05) is 12.1 Å². The fourth-order valence-electron chi connectivity index (χ4n) is 3.09. The topological polar surface area (TPSA) is 111 Å². The van der Waals surface area contributed by atoms with E-state index in [1.54, 1.807) is 0 Å². The van der Waals surface area contributed by atoms with Crippen LogP contribution >= 0.6 is 0 Å². The molecule has 0 saturated heterocycles. The summed E-state index contributed by atoms with van der Waals surface area (Å²) in [4.78, 5) is -0.0486. The summed E-state index contributed by atoms with van der Waals surface area (Å²) in [7, 11) is -7.78. The van der Waals surface area contributed by atoms with Crippen LogP contribution in [-0.4, -0.2) is 30.0 Å². The molecule has 3 aromatic rings. The molecule has 0 spiro atoms. The molecule has 1 aliphatic rings. The molecule has 8 nitrogen and oxygen atoms in total. The van der Waals surface area contributed by atoms with Crippen molar-refractivity contribution in [1.29, 1.82) is 0 Å². The molecule has 0 fully saturated rings. The first-order chi connectivity index (χ1) is 15.7. The monoisotopic (exact) mass is 492 g/mol. The molecule has 0 atom stereocenters. The molecule has 0 amide bonds. The summed E-state index contributed by atoms with van der Waals surface area (Å²) >= 11 is 0. The molecule has 0 aromatic heterocycles. The lowest BCUT2D eigenvalue weighted by molar-refractivity contribution is 0.297. The zero-order chi connectivity index (χ0) is 23.5.